The lowest BCUT2D eigenvalue weighted by Crippen LogP contribution is -2.46. The lowest BCUT2D eigenvalue weighted by Gasteiger charge is -2.27. The van der Waals surface area contributed by atoms with Crippen LogP contribution in [0.25, 0.3) is 0 Å². The largest absolute Gasteiger partial charge is 0.394 e. The maximum absolute atomic E-state index is 9.56. The molecule has 0 aliphatic rings. The maximum Gasteiger partial charge on any atom is 0.147 e. The standard InChI is InChI=1S/C10H22O8/c1-6(13)9(15)10(16)8(3-12)18-5-17-4-7(14)2-11/h6-16H,2-5H2,1H3/t6?,7?,8?,9?,10-/m1/s1. The van der Waals surface area contributed by atoms with E-state index in [1.165, 1.54) is 6.92 Å². The van der Waals surface area contributed by atoms with Crippen LogP contribution < -0.4 is 0 Å². The van der Waals surface area contributed by atoms with Crippen LogP contribution in [0.1, 0.15) is 6.92 Å². The summed E-state index contributed by atoms with van der Waals surface area (Å²) in [4.78, 5) is 0. The Morgan fingerprint density at radius 2 is 1.56 bits per heavy atom. The SMILES string of the molecule is CC(O)C(O)[C@H](O)C(CO)OCOCC(O)CO. The van der Waals surface area contributed by atoms with Crippen molar-refractivity contribution in [1.29, 1.82) is 0 Å². The highest BCUT2D eigenvalue weighted by atomic mass is 16.7. The molecule has 5 atom stereocenters. The van der Waals surface area contributed by atoms with Crippen LogP contribution >= 0.6 is 0 Å². The lowest BCUT2D eigenvalue weighted by atomic mass is 10.0. The Morgan fingerprint density at radius 3 is 2.00 bits per heavy atom. The van der Waals surface area contributed by atoms with Crippen molar-refractivity contribution >= 4 is 0 Å². The van der Waals surface area contributed by atoms with Gasteiger partial charge in [-0.1, -0.05) is 0 Å². The van der Waals surface area contributed by atoms with Crippen LogP contribution in [-0.2, 0) is 9.47 Å². The van der Waals surface area contributed by atoms with Gasteiger partial charge in [0.15, 0.2) is 0 Å². The van der Waals surface area contributed by atoms with E-state index >= 15 is 0 Å². The molecule has 0 saturated carbocycles. The van der Waals surface area contributed by atoms with Crippen molar-refractivity contribution in [2.75, 3.05) is 26.6 Å². The second-order valence-corrected chi connectivity index (χ2v) is 3.93. The Morgan fingerprint density at radius 1 is 0.944 bits per heavy atom. The van der Waals surface area contributed by atoms with Gasteiger partial charge in [0, 0.05) is 0 Å². The molecule has 0 bridgehead atoms. The first-order valence-electron chi connectivity index (χ1n) is 5.57. The third-order valence-corrected chi connectivity index (χ3v) is 2.29. The fourth-order valence-electron chi connectivity index (χ4n) is 1.14. The van der Waals surface area contributed by atoms with Gasteiger partial charge in [-0.05, 0) is 6.92 Å². The average molecular weight is 270 g/mol. The molecule has 0 aliphatic carbocycles. The molecule has 110 valence electrons. The molecule has 8 nitrogen and oxygen atoms in total. The Hall–Kier alpha value is -0.320. The number of aliphatic hydroxyl groups excluding tert-OH is 6. The first-order chi connectivity index (χ1) is 8.43. The van der Waals surface area contributed by atoms with Crippen LogP contribution in [0.4, 0.5) is 0 Å². The number of aliphatic hydroxyl groups is 6. The summed E-state index contributed by atoms with van der Waals surface area (Å²) in [6.45, 7) is -0.240. The van der Waals surface area contributed by atoms with Gasteiger partial charge in [-0.3, -0.25) is 0 Å². The van der Waals surface area contributed by atoms with Gasteiger partial charge in [0.1, 0.15) is 31.2 Å². The van der Waals surface area contributed by atoms with E-state index in [1.54, 1.807) is 0 Å². The fraction of sp³-hybridized carbons (Fsp3) is 1.00. The molecule has 18 heavy (non-hydrogen) atoms. The van der Waals surface area contributed by atoms with Gasteiger partial charge >= 0.3 is 0 Å². The van der Waals surface area contributed by atoms with Crippen LogP contribution in [0.2, 0.25) is 0 Å². The predicted molar refractivity (Wildman–Crippen MR) is 59.6 cm³/mol. The summed E-state index contributed by atoms with van der Waals surface area (Å²) in [7, 11) is 0. The first-order valence-corrected chi connectivity index (χ1v) is 5.57. The summed E-state index contributed by atoms with van der Waals surface area (Å²) in [5.74, 6) is 0. The molecule has 0 aliphatic heterocycles. The van der Waals surface area contributed by atoms with Gasteiger partial charge in [-0.25, -0.2) is 0 Å². The monoisotopic (exact) mass is 270 g/mol. The van der Waals surface area contributed by atoms with Crippen molar-refractivity contribution in [3.8, 4) is 0 Å². The van der Waals surface area contributed by atoms with E-state index in [2.05, 4.69) is 0 Å². The van der Waals surface area contributed by atoms with Crippen LogP contribution in [0.5, 0.6) is 0 Å². The molecule has 0 rings (SSSR count). The van der Waals surface area contributed by atoms with E-state index in [9.17, 15) is 10.2 Å². The number of hydrogen-bond acceptors (Lipinski definition) is 8. The zero-order valence-electron chi connectivity index (χ0n) is 10.2. The van der Waals surface area contributed by atoms with Gasteiger partial charge in [-0.15, -0.1) is 0 Å². The van der Waals surface area contributed by atoms with Crippen molar-refractivity contribution in [2.24, 2.45) is 0 Å². The second kappa shape index (κ2) is 9.59. The highest BCUT2D eigenvalue weighted by Crippen LogP contribution is 2.08. The van der Waals surface area contributed by atoms with Crippen LogP contribution in [0.15, 0.2) is 0 Å². The zero-order chi connectivity index (χ0) is 14.1. The van der Waals surface area contributed by atoms with Crippen LogP contribution in [0, 0.1) is 0 Å². The minimum absolute atomic E-state index is 0.163. The van der Waals surface area contributed by atoms with Gasteiger partial charge in [0.25, 0.3) is 0 Å². The summed E-state index contributed by atoms with van der Waals surface area (Å²) >= 11 is 0. The second-order valence-electron chi connectivity index (χ2n) is 3.93. The van der Waals surface area contributed by atoms with E-state index in [1.807, 2.05) is 0 Å². The van der Waals surface area contributed by atoms with Gasteiger partial charge in [0.05, 0.1) is 25.9 Å². The predicted octanol–water partition coefficient (Wildman–Crippen LogP) is -3.21. The summed E-state index contributed by atoms with van der Waals surface area (Å²) in [6.07, 6.45) is -6.25. The van der Waals surface area contributed by atoms with Crippen LogP contribution in [0.3, 0.4) is 0 Å². The molecule has 0 spiro atoms. The molecule has 0 radical (unpaired) electrons. The molecule has 0 fully saturated rings. The Bertz CT molecular complexity index is 200. The number of rotatable bonds is 10. The average Bonchev–Trinajstić information content (AvgIpc) is 2.36. The van der Waals surface area contributed by atoms with Gasteiger partial charge in [0.2, 0.25) is 0 Å². The molecule has 8 heteroatoms. The van der Waals surface area contributed by atoms with E-state index in [0.717, 1.165) is 0 Å². The molecular weight excluding hydrogens is 248 g/mol. The summed E-state index contributed by atoms with van der Waals surface area (Å²) < 4.78 is 9.74. The summed E-state index contributed by atoms with van der Waals surface area (Å²) in [5, 5.41) is 54.4. The quantitative estimate of drug-likeness (QED) is 0.180. The lowest BCUT2D eigenvalue weighted by molar-refractivity contribution is -0.176. The molecule has 0 aromatic carbocycles. The Labute approximate surface area is 105 Å². The number of ether oxygens (including phenoxy) is 2. The van der Waals surface area contributed by atoms with Crippen molar-refractivity contribution in [2.45, 2.75) is 37.4 Å². The topological polar surface area (TPSA) is 140 Å². The molecule has 4 unspecified atom stereocenters. The molecule has 0 aromatic rings. The van der Waals surface area contributed by atoms with E-state index in [-0.39, 0.29) is 13.4 Å². The molecule has 0 aromatic heterocycles. The Balaban J connectivity index is 3.96. The number of hydrogen-bond donors (Lipinski definition) is 6. The molecule has 0 saturated heterocycles. The van der Waals surface area contributed by atoms with Crippen LogP contribution in [-0.4, -0.2) is 87.8 Å². The van der Waals surface area contributed by atoms with Crippen molar-refractivity contribution in [3.05, 3.63) is 0 Å². The first kappa shape index (κ1) is 17.7. The van der Waals surface area contributed by atoms with Crippen molar-refractivity contribution in [1.82, 2.24) is 0 Å². The molecule has 0 amide bonds. The highest BCUT2D eigenvalue weighted by Gasteiger charge is 2.29. The molecule has 0 heterocycles. The minimum atomic E-state index is -1.47. The maximum atomic E-state index is 9.56. The third kappa shape index (κ3) is 6.57. The summed E-state index contributed by atoms with van der Waals surface area (Å²) in [6, 6.07) is 0. The van der Waals surface area contributed by atoms with Gasteiger partial charge in [-0.2, -0.15) is 0 Å². The molecule has 6 N–H and O–H groups in total. The normalized spacial score (nSPS) is 20.2. The minimum Gasteiger partial charge on any atom is -0.394 e. The van der Waals surface area contributed by atoms with Crippen molar-refractivity contribution < 1.29 is 40.1 Å². The van der Waals surface area contributed by atoms with E-state index in [0.29, 0.717) is 0 Å². The van der Waals surface area contributed by atoms with E-state index < -0.39 is 43.7 Å². The summed E-state index contributed by atoms with van der Waals surface area (Å²) in [5.41, 5.74) is 0. The third-order valence-electron chi connectivity index (χ3n) is 2.29. The Kier molecular flexibility index (Phi) is 9.42. The molecular formula is C10H22O8. The van der Waals surface area contributed by atoms with E-state index in [4.69, 9.17) is 29.9 Å². The van der Waals surface area contributed by atoms with Gasteiger partial charge < -0.3 is 40.1 Å². The smallest absolute Gasteiger partial charge is 0.147 e. The fourth-order valence-corrected chi connectivity index (χ4v) is 1.14. The highest BCUT2D eigenvalue weighted by molar-refractivity contribution is 4.79. The van der Waals surface area contributed by atoms with Crippen molar-refractivity contribution in [3.63, 3.8) is 0 Å². The zero-order valence-corrected chi connectivity index (χ0v) is 10.2.